The molecule has 0 spiro atoms. The normalized spacial score (nSPS) is 14.5. The molecule has 2 aromatic heterocycles. The summed E-state index contributed by atoms with van der Waals surface area (Å²) in [5, 5.41) is 17.9. The molecule has 0 radical (unpaired) electrons. The molecule has 0 bridgehead atoms. The fourth-order valence-corrected chi connectivity index (χ4v) is 9.19. The summed E-state index contributed by atoms with van der Waals surface area (Å²) in [5.41, 5.74) is 7.00. The Morgan fingerprint density at radius 2 is 0.875 bits per heavy atom. The summed E-state index contributed by atoms with van der Waals surface area (Å²) in [6.45, 7) is 0.925. The topological polar surface area (TPSA) is 96.9 Å². The van der Waals surface area contributed by atoms with E-state index in [1.807, 2.05) is 193 Å². The Labute approximate surface area is 370 Å². The van der Waals surface area contributed by atoms with Crippen LogP contribution in [0.3, 0.4) is 0 Å². The average molecular weight is 841 g/mol. The van der Waals surface area contributed by atoms with Crippen LogP contribution in [-0.4, -0.2) is 40.6 Å². The summed E-state index contributed by atoms with van der Waals surface area (Å²) in [7, 11) is 3.72. The van der Waals surface area contributed by atoms with Crippen molar-refractivity contribution in [3.05, 3.63) is 236 Å². The molecule has 6 aromatic carbocycles. The lowest BCUT2D eigenvalue weighted by Gasteiger charge is -2.39. The molecule has 0 saturated carbocycles. The molecule has 2 amide bonds. The quantitative estimate of drug-likeness (QED) is 0.128. The van der Waals surface area contributed by atoms with Crippen molar-refractivity contribution in [2.75, 3.05) is 0 Å². The lowest BCUT2D eigenvalue weighted by atomic mass is 9.97. The van der Waals surface area contributed by atoms with Crippen molar-refractivity contribution in [2.24, 2.45) is 14.1 Å². The van der Waals surface area contributed by atoms with Crippen LogP contribution >= 0.6 is 0 Å². The Morgan fingerprint density at radius 3 is 1.33 bits per heavy atom. The number of carbonyl (C=O) groups excluding carboxylic acids is 2. The van der Waals surface area contributed by atoms with Gasteiger partial charge < -0.3 is 29.2 Å². The third kappa shape index (κ3) is 7.09. The van der Waals surface area contributed by atoms with Gasteiger partial charge in [-0.05, 0) is 40.5 Å². The first-order valence-corrected chi connectivity index (χ1v) is 21.3. The van der Waals surface area contributed by atoms with Crippen LogP contribution in [-0.2, 0) is 49.9 Å². The molecule has 0 aliphatic carbocycles. The summed E-state index contributed by atoms with van der Waals surface area (Å²) in [5.74, 6) is -1.01. The van der Waals surface area contributed by atoms with E-state index in [4.69, 9.17) is 0 Å². The van der Waals surface area contributed by atoms with Crippen molar-refractivity contribution in [2.45, 2.75) is 26.2 Å². The van der Waals surface area contributed by atoms with E-state index < -0.39 is 11.8 Å². The fourth-order valence-electron chi connectivity index (χ4n) is 9.19. The van der Waals surface area contributed by atoms with Crippen molar-refractivity contribution in [1.29, 1.82) is 0 Å². The predicted octanol–water partition coefficient (Wildman–Crippen LogP) is 10.2. The second kappa shape index (κ2) is 16.7. The second-order valence-electron chi connectivity index (χ2n) is 16.3. The van der Waals surface area contributed by atoms with Crippen LogP contribution in [0.4, 0.5) is 0 Å². The van der Waals surface area contributed by atoms with E-state index in [1.165, 1.54) is 0 Å². The van der Waals surface area contributed by atoms with Crippen LogP contribution < -0.4 is 0 Å². The molecular formula is C54H44N6O4. The van der Waals surface area contributed by atoms with Crippen LogP contribution in [0.2, 0.25) is 0 Å². The third-order valence-corrected chi connectivity index (χ3v) is 12.2. The number of amides is 2. The van der Waals surface area contributed by atoms with Crippen LogP contribution in [0, 0.1) is 10.1 Å². The highest BCUT2D eigenvalue weighted by molar-refractivity contribution is 6.11. The molecule has 64 heavy (non-hydrogen) atoms. The molecule has 2 aliphatic heterocycles. The van der Waals surface area contributed by atoms with Crippen molar-refractivity contribution in [1.82, 2.24) is 24.0 Å². The molecule has 4 heterocycles. The third-order valence-electron chi connectivity index (χ3n) is 12.2. The first-order valence-electron chi connectivity index (χ1n) is 21.3. The minimum Gasteiger partial charge on any atom is -0.753 e. The van der Waals surface area contributed by atoms with Gasteiger partial charge in [-0.1, -0.05) is 158 Å². The van der Waals surface area contributed by atoms with Crippen LogP contribution in [0.15, 0.2) is 181 Å². The lowest BCUT2D eigenvalue weighted by molar-refractivity contribution is -0.393. The number of carbonyl (C=O) groups is 2. The number of para-hydroxylation sites is 2. The molecule has 0 atom stereocenters. The Bertz CT molecular complexity index is 3120. The highest BCUT2D eigenvalue weighted by Gasteiger charge is 2.47. The van der Waals surface area contributed by atoms with Crippen LogP contribution in [0.25, 0.3) is 45.4 Å². The molecule has 8 aromatic rings. The zero-order chi connectivity index (χ0) is 43.9. The number of aromatic nitrogens is 2. The number of nitroso groups, excluding NO2 is 1. The lowest BCUT2D eigenvalue weighted by Crippen LogP contribution is -2.38. The SMILES string of the molecule is Cn1c2c(c3ccccc31)C=C(C(=O)N(Cc1ccccc1)Cc1ccccc1)N([O-])C2=C1c2c(c3ccccc3n2C)C=C(C(=O)N(Cc2ccccc2)Cc2ccccc2)[N+]1=O. The maximum Gasteiger partial charge on any atom is 0.328 e. The Kier molecular flexibility index (Phi) is 10.4. The summed E-state index contributed by atoms with van der Waals surface area (Å²) in [6, 6.07) is 54.2. The van der Waals surface area contributed by atoms with Gasteiger partial charge in [-0.25, -0.2) is 0 Å². The van der Waals surface area contributed by atoms with Gasteiger partial charge in [0.05, 0.1) is 16.2 Å². The van der Waals surface area contributed by atoms with Crippen molar-refractivity contribution >= 4 is 57.2 Å². The van der Waals surface area contributed by atoms with Crippen molar-refractivity contribution < 1.29 is 14.3 Å². The molecule has 0 N–H and O–H groups in total. The van der Waals surface area contributed by atoms with E-state index in [1.54, 1.807) is 22.0 Å². The minimum absolute atomic E-state index is 0.0304. The zero-order valence-electron chi connectivity index (χ0n) is 35.5. The smallest absolute Gasteiger partial charge is 0.328 e. The number of hydrogen-bond donors (Lipinski definition) is 0. The van der Waals surface area contributed by atoms with E-state index in [-0.39, 0.29) is 49.0 Å². The Morgan fingerprint density at radius 1 is 0.500 bits per heavy atom. The predicted molar refractivity (Wildman–Crippen MR) is 252 cm³/mol. The first-order chi connectivity index (χ1) is 31.3. The van der Waals surface area contributed by atoms with Gasteiger partial charge in [-0.3, -0.25) is 9.59 Å². The molecule has 0 unspecified atom stereocenters. The first kappa shape index (κ1) is 40.0. The standard InChI is InChI=1S/C54H44N6O4/c1-55-45-29-17-15-27-41(45)43-31-47(53(61)57(33-37-19-7-3-8-20-37)34-38-21-9-4-10-22-38)59(63)51(49(43)55)52-50-44(42-28-16-18-30-46(42)56(50)2)32-48(60(52)64)54(62)58(35-39-23-11-5-12-24-39)36-40-25-13-6-14-26-40/h3-32H,33-36H2,1-2H3. The summed E-state index contributed by atoms with van der Waals surface area (Å²) in [4.78, 5) is 49.5. The highest BCUT2D eigenvalue weighted by atomic mass is 16.5. The zero-order valence-corrected chi connectivity index (χ0v) is 35.5. The number of aryl methyl sites for hydroxylation is 2. The van der Waals surface area contributed by atoms with Gasteiger partial charge >= 0.3 is 17.3 Å². The van der Waals surface area contributed by atoms with Gasteiger partial charge in [0.2, 0.25) is 0 Å². The second-order valence-corrected chi connectivity index (χ2v) is 16.3. The molecule has 0 saturated heterocycles. The molecule has 10 heteroatoms. The molecule has 314 valence electrons. The highest BCUT2D eigenvalue weighted by Crippen LogP contribution is 2.47. The van der Waals surface area contributed by atoms with Gasteiger partial charge in [-0.15, -0.1) is 0 Å². The Hall–Kier alpha value is -8.08. The van der Waals surface area contributed by atoms with Crippen LogP contribution in [0.5, 0.6) is 0 Å². The number of hydrogen-bond acceptors (Lipinski definition) is 5. The molecule has 2 aliphatic rings. The number of rotatable bonds is 10. The van der Waals surface area contributed by atoms with Gasteiger partial charge in [-0.2, -0.15) is 0 Å². The summed E-state index contributed by atoms with van der Waals surface area (Å²) < 4.78 is 4.41. The van der Waals surface area contributed by atoms with Gasteiger partial charge in [0.25, 0.3) is 5.91 Å². The molecule has 0 fully saturated rings. The maximum absolute atomic E-state index is 15.7. The van der Waals surface area contributed by atoms with E-state index in [2.05, 4.69) is 0 Å². The van der Waals surface area contributed by atoms with Gasteiger partial charge in [0, 0.05) is 84.2 Å². The molecular weight excluding hydrogens is 797 g/mol. The van der Waals surface area contributed by atoms with Crippen LogP contribution in [0.1, 0.15) is 44.8 Å². The Balaban J connectivity index is 1.19. The fraction of sp³-hybridized carbons (Fsp3) is 0.111. The maximum atomic E-state index is 15.7. The van der Waals surface area contributed by atoms with E-state index in [0.29, 0.717) is 32.3 Å². The number of benzene rings is 6. The van der Waals surface area contributed by atoms with E-state index >= 15 is 19.7 Å². The molecule has 10 rings (SSSR count). The van der Waals surface area contributed by atoms with Crippen molar-refractivity contribution in [3.63, 3.8) is 0 Å². The number of nitrogens with zero attached hydrogens (tertiary/aromatic N) is 6. The molecule has 10 nitrogen and oxygen atoms in total. The van der Waals surface area contributed by atoms with E-state index in [9.17, 15) is 0 Å². The van der Waals surface area contributed by atoms with Crippen molar-refractivity contribution in [3.8, 4) is 0 Å². The number of fused-ring (bicyclic) bond motifs is 6. The van der Waals surface area contributed by atoms with E-state index in [0.717, 1.165) is 44.1 Å². The van der Waals surface area contributed by atoms with Gasteiger partial charge in [0.15, 0.2) is 0 Å². The number of hydroxylamine groups is 2. The minimum atomic E-state index is -0.506. The largest absolute Gasteiger partial charge is 0.753 e. The summed E-state index contributed by atoms with van der Waals surface area (Å²) in [6.07, 6.45) is 3.31. The monoisotopic (exact) mass is 840 g/mol. The van der Waals surface area contributed by atoms with Gasteiger partial charge in [0.1, 0.15) is 11.4 Å². The average Bonchev–Trinajstić information content (AvgIpc) is 3.78. The summed E-state index contributed by atoms with van der Waals surface area (Å²) >= 11 is 0.